The third kappa shape index (κ3) is 6.52. The molecule has 0 aliphatic heterocycles. The number of amides is 1. The van der Waals surface area contributed by atoms with Gasteiger partial charge in [0.2, 0.25) is 15.9 Å². The van der Waals surface area contributed by atoms with Crippen molar-refractivity contribution in [3.63, 3.8) is 0 Å². The number of ether oxygens (including phenoxy) is 1. The normalized spacial score (nSPS) is 11.9. The molecule has 0 saturated carbocycles. The van der Waals surface area contributed by atoms with E-state index in [0.29, 0.717) is 17.2 Å². The maximum atomic E-state index is 13.2. The first-order valence-electron chi connectivity index (χ1n) is 11.5. The third-order valence-electron chi connectivity index (χ3n) is 5.60. The molecular weight excluding hydrogens is 472 g/mol. The molecule has 0 radical (unpaired) electrons. The zero-order valence-electron chi connectivity index (χ0n) is 20.2. The van der Waals surface area contributed by atoms with Crippen molar-refractivity contribution in [2.45, 2.75) is 13.0 Å². The van der Waals surface area contributed by atoms with Crippen molar-refractivity contribution in [3.05, 3.63) is 126 Å². The Balaban J connectivity index is 1.54. The maximum Gasteiger partial charge on any atom is 0.241 e. The molecule has 4 rings (SSSR count). The number of hydrogen-bond acceptors (Lipinski definition) is 4. The van der Waals surface area contributed by atoms with E-state index >= 15 is 0 Å². The minimum atomic E-state index is -3.72. The first kappa shape index (κ1) is 25.0. The Morgan fingerprint density at radius 1 is 0.806 bits per heavy atom. The van der Waals surface area contributed by atoms with Gasteiger partial charge in [-0.2, -0.15) is 0 Å². The fraction of sp³-hybridized carbons (Fsp3) is 0.138. The van der Waals surface area contributed by atoms with Gasteiger partial charge in [-0.1, -0.05) is 78.4 Å². The fourth-order valence-corrected chi connectivity index (χ4v) is 4.75. The number of carbonyl (C=O) groups is 1. The first-order valence-corrected chi connectivity index (χ1v) is 13.4. The summed E-state index contributed by atoms with van der Waals surface area (Å²) in [5, 5.41) is 3.02. The predicted molar refractivity (Wildman–Crippen MR) is 143 cm³/mol. The standard InChI is InChI=1S/C29H28N2O4S/c1-22-10-9-13-24(20-22)29(23-11-5-3-6-12-23)30-28(32)21-31(36(2,33)34)25-16-18-27(19-17-25)35-26-14-7-4-8-15-26/h3-20,29H,21H2,1-2H3,(H,30,32). The van der Waals surface area contributed by atoms with Crippen molar-refractivity contribution in [2.24, 2.45) is 0 Å². The van der Waals surface area contributed by atoms with Crippen LogP contribution in [0, 0.1) is 6.92 Å². The van der Waals surface area contributed by atoms with E-state index in [1.54, 1.807) is 24.3 Å². The van der Waals surface area contributed by atoms with Gasteiger partial charge in [0.05, 0.1) is 18.0 Å². The van der Waals surface area contributed by atoms with Crippen molar-refractivity contribution in [2.75, 3.05) is 17.1 Å². The molecule has 0 bridgehead atoms. The number of nitrogens with zero attached hydrogens (tertiary/aromatic N) is 1. The van der Waals surface area contributed by atoms with Gasteiger partial charge in [-0.05, 0) is 54.4 Å². The van der Waals surface area contributed by atoms with E-state index in [1.165, 1.54) is 0 Å². The van der Waals surface area contributed by atoms with E-state index < -0.39 is 22.0 Å². The largest absolute Gasteiger partial charge is 0.457 e. The van der Waals surface area contributed by atoms with E-state index in [-0.39, 0.29) is 6.54 Å². The molecule has 0 aromatic heterocycles. The van der Waals surface area contributed by atoms with Gasteiger partial charge < -0.3 is 10.1 Å². The molecule has 1 atom stereocenters. The molecule has 0 heterocycles. The molecule has 4 aromatic rings. The van der Waals surface area contributed by atoms with Crippen LogP contribution >= 0.6 is 0 Å². The lowest BCUT2D eigenvalue weighted by molar-refractivity contribution is -0.120. The molecular formula is C29H28N2O4S. The Morgan fingerprint density at radius 3 is 2.00 bits per heavy atom. The van der Waals surface area contributed by atoms with Gasteiger partial charge in [-0.3, -0.25) is 9.10 Å². The van der Waals surface area contributed by atoms with Crippen LogP contribution in [0.1, 0.15) is 22.7 Å². The highest BCUT2D eigenvalue weighted by molar-refractivity contribution is 7.92. The van der Waals surface area contributed by atoms with Crippen LogP contribution < -0.4 is 14.4 Å². The molecule has 0 aliphatic carbocycles. The van der Waals surface area contributed by atoms with E-state index in [1.807, 2.05) is 91.9 Å². The second-order valence-corrected chi connectivity index (χ2v) is 10.4. The first-order chi connectivity index (χ1) is 17.3. The number of anilines is 1. The number of nitrogens with one attached hydrogen (secondary N) is 1. The van der Waals surface area contributed by atoms with E-state index in [4.69, 9.17) is 4.74 Å². The van der Waals surface area contributed by atoms with Crippen molar-refractivity contribution in [1.29, 1.82) is 0 Å². The summed E-state index contributed by atoms with van der Waals surface area (Å²) in [6.07, 6.45) is 1.09. The Morgan fingerprint density at radius 2 is 1.39 bits per heavy atom. The highest BCUT2D eigenvalue weighted by atomic mass is 32.2. The molecule has 1 amide bonds. The quantitative estimate of drug-likeness (QED) is 0.331. The monoisotopic (exact) mass is 500 g/mol. The molecule has 0 aliphatic rings. The van der Waals surface area contributed by atoms with Crippen LogP contribution in [0.5, 0.6) is 11.5 Å². The number of para-hydroxylation sites is 1. The second-order valence-electron chi connectivity index (χ2n) is 8.50. The Bertz CT molecular complexity index is 1410. The van der Waals surface area contributed by atoms with Gasteiger partial charge in [0.25, 0.3) is 0 Å². The van der Waals surface area contributed by atoms with Crippen LogP contribution in [0.25, 0.3) is 0 Å². The fourth-order valence-electron chi connectivity index (χ4n) is 3.90. The van der Waals surface area contributed by atoms with Crippen molar-refractivity contribution >= 4 is 21.6 Å². The van der Waals surface area contributed by atoms with Crippen molar-refractivity contribution in [1.82, 2.24) is 5.32 Å². The molecule has 7 heteroatoms. The number of carbonyl (C=O) groups excluding carboxylic acids is 1. The minimum Gasteiger partial charge on any atom is -0.457 e. The molecule has 0 saturated heterocycles. The summed E-state index contributed by atoms with van der Waals surface area (Å²) in [5.74, 6) is 0.819. The minimum absolute atomic E-state index is 0.354. The molecule has 36 heavy (non-hydrogen) atoms. The Kier molecular flexibility index (Phi) is 7.71. The van der Waals surface area contributed by atoms with Gasteiger partial charge in [0.15, 0.2) is 0 Å². The lowest BCUT2D eigenvalue weighted by Gasteiger charge is -2.25. The number of aryl methyl sites for hydroxylation is 1. The second kappa shape index (κ2) is 11.1. The summed E-state index contributed by atoms with van der Waals surface area (Å²) < 4.78 is 32.1. The van der Waals surface area contributed by atoms with Crippen molar-refractivity contribution in [3.8, 4) is 11.5 Å². The summed E-state index contributed by atoms with van der Waals surface area (Å²) in [6, 6.07) is 33.0. The predicted octanol–water partition coefficient (Wildman–Crippen LogP) is 5.46. The van der Waals surface area contributed by atoms with Gasteiger partial charge in [0, 0.05) is 0 Å². The van der Waals surface area contributed by atoms with Crippen LogP contribution in [0.15, 0.2) is 109 Å². The number of benzene rings is 4. The van der Waals surface area contributed by atoms with Crippen LogP contribution in [-0.4, -0.2) is 27.1 Å². The van der Waals surface area contributed by atoms with E-state index in [2.05, 4.69) is 5.32 Å². The summed E-state index contributed by atoms with van der Waals surface area (Å²) in [5.41, 5.74) is 3.27. The topological polar surface area (TPSA) is 75.7 Å². The highest BCUT2D eigenvalue weighted by Crippen LogP contribution is 2.26. The number of hydrogen-bond donors (Lipinski definition) is 1. The van der Waals surface area contributed by atoms with Crippen LogP contribution in [0.4, 0.5) is 5.69 Å². The smallest absolute Gasteiger partial charge is 0.241 e. The molecule has 6 nitrogen and oxygen atoms in total. The highest BCUT2D eigenvalue weighted by Gasteiger charge is 2.24. The average Bonchev–Trinajstić information content (AvgIpc) is 2.87. The Hall–Kier alpha value is -4.10. The average molecular weight is 501 g/mol. The zero-order chi connectivity index (χ0) is 25.5. The lowest BCUT2D eigenvalue weighted by Crippen LogP contribution is -2.41. The lowest BCUT2D eigenvalue weighted by atomic mass is 9.97. The molecule has 1 unspecified atom stereocenters. The number of rotatable bonds is 9. The van der Waals surface area contributed by atoms with Crippen LogP contribution in [-0.2, 0) is 14.8 Å². The molecule has 0 fully saturated rings. The van der Waals surface area contributed by atoms with Gasteiger partial charge in [0.1, 0.15) is 18.0 Å². The van der Waals surface area contributed by atoms with Crippen LogP contribution in [0.2, 0.25) is 0 Å². The third-order valence-corrected chi connectivity index (χ3v) is 6.75. The van der Waals surface area contributed by atoms with Crippen molar-refractivity contribution < 1.29 is 17.9 Å². The summed E-state index contributed by atoms with van der Waals surface area (Å²) >= 11 is 0. The maximum absolute atomic E-state index is 13.2. The van der Waals surface area contributed by atoms with E-state index in [0.717, 1.165) is 27.3 Å². The molecule has 1 N–H and O–H groups in total. The molecule has 184 valence electrons. The summed E-state index contributed by atoms with van der Waals surface area (Å²) in [4.78, 5) is 13.2. The Labute approximate surface area is 212 Å². The van der Waals surface area contributed by atoms with Gasteiger partial charge >= 0.3 is 0 Å². The molecule has 4 aromatic carbocycles. The van der Waals surface area contributed by atoms with E-state index in [9.17, 15) is 13.2 Å². The summed E-state index contributed by atoms with van der Waals surface area (Å²) in [7, 11) is -3.72. The van der Waals surface area contributed by atoms with Gasteiger partial charge in [-0.15, -0.1) is 0 Å². The zero-order valence-corrected chi connectivity index (χ0v) is 21.0. The SMILES string of the molecule is Cc1cccc(C(NC(=O)CN(c2ccc(Oc3ccccc3)cc2)S(C)(=O)=O)c2ccccc2)c1. The van der Waals surface area contributed by atoms with Crippen LogP contribution in [0.3, 0.4) is 0 Å². The number of sulfonamides is 1. The van der Waals surface area contributed by atoms with Gasteiger partial charge in [-0.25, -0.2) is 8.42 Å². The molecule has 0 spiro atoms. The summed E-state index contributed by atoms with van der Waals surface area (Å²) in [6.45, 7) is 1.64.